The second-order valence-electron chi connectivity index (χ2n) is 5.46. The van der Waals surface area contributed by atoms with E-state index in [0.29, 0.717) is 19.0 Å². The van der Waals surface area contributed by atoms with Crippen LogP contribution < -0.4 is 14.8 Å². The Morgan fingerprint density at radius 3 is 2.30 bits per heavy atom. The van der Waals surface area contributed by atoms with Crippen LogP contribution in [0, 0.1) is 5.92 Å². The molecular formula is C16H25NO3. The lowest BCUT2D eigenvalue weighted by atomic mass is 10.0. The largest absolute Gasteiger partial charge is 0.497 e. The Morgan fingerprint density at radius 1 is 1.15 bits per heavy atom. The molecule has 0 radical (unpaired) electrons. The Balaban J connectivity index is 1.83. The first-order valence-electron chi connectivity index (χ1n) is 7.33. The summed E-state index contributed by atoms with van der Waals surface area (Å²) >= 11 is 0. The SMILES string of the molecule is COc1cc(CNCC(O)C2CCCC2)cc(OC)c1. The fourth-order valence-corrected chi connectivity index (χ4v) is 2.84. The first-order valence-corrected chi connectivity index (χ1v) is 7.33. The van der Waals surface area contributed by atoms with E-state index < -0.39 is 0 Å². The first-order chi connectivity index (χ1) is 9.72. The molecule has 0 aromatic heterocycles. The highest BCUT2D eigenvalue weighted by atomic mass is 16.5. The second kappa shape index (κ2) is 7.50. The lowest BCUT2D eigenvalue weighted by Crippen LogP contribution is -2.31. The van der Waals surface area contributed by atoms with Gasteiger partial charge in [-0.2, -0.15) is 0 Å². The number of nitrogens with one attached hydrogen (secondary N) is 1. The molecule has 20 heavy (non-hydrogen) atoms. The zero-order chi connectivity index (χ0) is 14.4. The zero-order valence-electron chi connectivity index (χ0n) is 12.4. The fraction of sp³-hybridized carbons (Fsp3) is 0.625. The van der Waals surface area contributed by atoms with Crippen molar-refractivity contribution < 1.29 is 14.6 Å². The van der Waals surface area contributed by atoms with E-state index in [1.165, 1.54) is 12.8 Å². The molecule has 2 rings (SSSR count). The Hall–Kier alpha value is -1.26. The van der Waals surface area contributed by atoms with Crippen LogP contribution in [0.5, 0.6) is 11.5 Å². The third-order valence-corrected chi connectivity index (χ3v) is 4.04. The standard InChI is InChI=1S/C16H25NO3/c1-19-14-7-12(8-15(9-14)20-2)10-17-11-16(18)13-5-3-4-6-13/h7-9,13,16-18H,3-6,10-11H2,1-2H3. The van der Waals surface area contributed by atoms with Gasteiger partial charge in [0.25, 0.3) is 0 Å². The van der Waals surface area contributed by atoms with Crippen molar-refractivity contribution in [2.75, 3.05) is 20.8 Å². The minimum absolute atomic E-state index is 0.231. The molecular weight excluding hydrogens is 254 g/mol. The third-order valence-electron chi connectivity index (χ3n) is 4.04. The summed E-state index contributed by atoms with van der Waals surface area (Å²) in [6.07, 6.45) is 4.61. The third kappa shape index (κ3) is 4.12. The molecule has 0 saturated heterocycles. The summed E-state index contributed by atoms with van der Waals surface area (Å²) in [6, 6.07) is 5.83. The van der Waals surface area contributed by atoms with E-state index >= 15 is 0 Å². The van der Waals surface area contributed by atoms with Crippen molar-refractivity contribution in [2.45, 2.75) is 38.3 Å². The van der Waals surface area contributed by atoms with Crippen molar-refractivity contribution in [2.24, 2.45) is 5.92 Å². The molecule has 1 aromatic rings. The monoisotopic (exact) mass is 279 g/mol. The highest BCUT2D eigenvalue weighted by Crippen LogP contribution is 2.27. The number of hydrogen-bond acceptors (Lipinski definition) is 4. The highest BCUT2D eigenvalue weighted by molar-refractivity contribution is 5.38. The van der Waals surface area contributed by atoms with Crippen LogP contribution in [0.2, 0.25) is 0 Å². The number of hydrogen-bond donors (Lipinski definition) is 2. The van der Waals surface area contributed by atoms with Gasteiger partial charge in [0.15, 0.2) is 0 Å². The van der Waals surface area contributed by atoms with E-state index in [1.54, 1.807) is 14.2 Å². The van der Waals surface area contributed by atoms with E-state index in [-0.39, 0.29) is 6.10 Å². The minimum atomic E-state index is -0.231. The van der Waals surface area contributed by atoms with E-state index in [1.807, 2.05) is 18.2 Å². The Bertz CT molecular complexity index is 394. The van der Waals surface area contributed by atoms with Crippen LogP contribution in [0.3, 0.4) is 0 Å². The molecule has 1 aromatic carbocycles. The van der Waals surface area contributed by atoms with Crippen LogP contribution in [0.1, 0.15) is 31.2 Å². The van der Waals surface area contributed by atoms with Crippen molar-refractivity contribution in [3.8, 4) is 11.5 Å². The maximum atomic E-state index is 10.1. The molecule has 1 aliphatic carbocycles. The summed E-state index contributed by atoms with van der Waals surface area (Å²) < 4.78 is 10.5. The van der Waals surface area contributed by atoms with Gasteiger partial charge in [0.1, 0.15) is 11.5 Å². The average molecular weight is 279 g/mol. The Morgan fingerprint density at radius 2 is 1.75 bits per heavy atom. The van der Waals surface area contributed by atoms with Gasteiger partial charge in [-0.05, 0) is 36.5 Å². The molecule has 1 atom stereocenters. The number of rotatable bonds is 7. The van der Waals surface area contributed by atoms with Gasteiger partial charge in [-0.1, -0.05) is 12.8 Å². The highest BCUT2D eigenvalue weighted by Gasteiger charge is 2.22. The number of ether oxygens (including phenoxy) is 2. The number of benzene rings is 1. The topological polar surface area (TPSA) is 50.7 Å². The predicted octanol–water partition coefficient (Wildman–Crippen LogP) is 2.34. The molecule has 112 valence electrons. The summed E-state index contributed by atoms with van der Waals surface area (Å²) in [4.78, 5) is 0. The summed E-state index contributed by atoms with van der Waals surface area (Å²) in [5.74, 6) is 2.05. The number of methoxy groups -OCH3 is 2. The van der Waals surface area contributed by atoms with E-state index in [9.17, 15) is 5.11 Å². The van der Waals surface area contributed by atoms with Crippen LogP contribution in [-0.4, -0.2) is 32.0 Å². The maximum absolute atomic E-state index is 10.1. The van der Waals surface area contributed by atoms with Crippen LogP contribution in [0.4, 0.5) is 0 Å². The van der Waals surface area contributed by atoms with Gasteiger partial charge >= 0.3 is 0 Å². The molecule has 0 amide bonds. The van der Waals surface area contributed by atoms with E-state index in [2.05, 4.69) is 5.32 Å². The molecule has 4 heteroatoms. The van der Waals surface area contributed by atoms with Crippen molar-refractivity contribution in [3.05, 3.63) is 23.8 Å². The first kappa shape index (κ1) is 15.1. The minimum Gasteiger partial charge on any atom is -0.497 e. The second-order valence-corrected chi connectivity index (χ2v) is 5.46. The molecule has 1 saturated carbocycles. The van der Waals surface area contributed by atoms with Gasteiger partial charge in [0, 0.05) is 19.2 Å². The Labute approximate surface area is 121 Å². The molecule has 0 heterocycles. The average Bonchev–Trinajstić information content (AvgIpc) is 3.01. The van der Waals surface area contributed by atoms with Crippen molar-refractivity contribution in [3.63, 3.8) is 0 Å². The summed E-state index contributed by atoms with van der Waals surface area (Å²) in [5.41, 5.74) is 1.10. The van der Waals surface area contributed by atoms with Gasteiger partial charge in [0.2, 0.25) is 0 Å². The summed E-state index contributed by atoms with van der Waals surface area (Å²) in [6.45, 7) is 1.35. The molecule has 1 unspecified atom stereocenters. The lowest BCUT2D eigenvalue weighted by Gasteiger charge is -2.18. The van der Waals surface area contributed by atoms with Crippen LogP contribution in [0.25, 0.3) is 0 Å². The summed E-state index contributed by atoms with van der Waals surface area (Å²) in [5, 5.41) is 13.4. The lowest BCUT2D eigenvalue weighted by molar-refractivity contribution is 0.109. The predicted molar refractivity (Wildman–Crippen MR) is 79.2 cm³/mol. The van der Waals surface area contributed by atoms with Gasteiger partial charge in [-0.15, -0.1) is 0 Å². The molecule has 4 nitrogen and oxygen atoms in total. The van der Waals surface area contributed by atoms with Gasteiger partial charge in [-0.25, -0.2) is 0 Å². The normalized spacial score (nSPS) is 17.1. The molecule has 0 aliphatic heterocycles. The van der Waals surface area contributed by atoms with Crippen molar-refractivity contribution >= 4 is 0 Å². The van der Waals surface area contributed by atoms with E-state index in [0.717, 1.165) is 29.9 Å². The van der Waals surface area contributed by atoms with Gasteiger partial charge < -0.3 is 19.9 Å². The smallest absolute Gasteiger partial charge is 0.122 e. The van der Waals surface area contributed by atoms with Crippen LogP contribution in [-0.2, 0) is 6.54 Å². The molecule has 1 fully saturated rings. The molecule has 2 N–H and O–H groups in total. The maximum Gasteiger partial charge on any atom is 0.122 e. The van der Waals surface area contributed by atoms with Gasteiger partial charge in [0.05, 0.1) is 20.3 Å². The zero-order valence-corrected chi connectivity index (χ0v) is 12.4. The number of aliphatic hydroxyl groups is 1. The van der Waals surface area contributed by atoms with Crippen molar-refractivity contribution in [1.82, 2.24) is 5.32 Å². The van der Waals surface area contributed by atoms with Gasteiger partial charge in [-0.3, -0.25) is 0 Å². The summed E-state index contributed by atoms with van der Waals surface area (Å²) in [7, 11) is 3.30. The fourth-order valence-electron chi connectivity index (χ4n) is 2.84. The number of aliphatic hydroxyl groups excluding tert-OH is 1. The Kier molecular flexibility index (Phi) is 5.68. The van der Waals surface area contributed by atoms with Crippen molar-refractivity contribution in [1.29, 1.82) is 0 Å². The van der Waals surface area contributed by atoms with Crippen LogP contribution in [0.15, 0.2) is 18.2 Å². The van der Waals surface area contributed by atoms with E-state index in [4.69, 9.17) is 9.47 Å². The van der Waals surface area contributed by atoms with Crippen LogP contribution >= 0.6 is 0 Å². The quantitative estimate of drug-likeness (QED) is 0.804. The molecule has 0 bridgehead atoms. The molecule has 0 spiro atoms. The molecule has 1 aliphatic rings.